The molecule has 4 nitrogen and oxygen atoms in total. The highest BCUT2D eigenvalue weighted by atomic mass is 16.3. The highest BCUT2D eigenvalue weighted by Gasteiger charge is 1.97. The van der Waals surface area contributed by atoms with E-state index in [0.717, 1.165) is 0 Å². The van der Waals surface area contributed by atoms with Gasteiger partial charge in [-0.2, -0.15) is 0 Å². The number of amides is 1. The second-order valence-corrected chi connectivity index (χ2v) is 1.87. The van der Waals surface area contributed by atoms with Gasteiger partial charge in [-0.05, 0) is 17.3 Å². The maximum absolute atomic E-state index is 10.1. The fourth-order valence-corrected chi connectivity index (χ4v) is 0.739. The van der Waals surface area contributed by atoms with Crippen LogP contribution >= 0.6 is 0 Å². The summed E-state index contributed by atoms with van der Waals surface area (Å²) in [5.41, 5.74) is 0.664. The summed E-state index contributed by atoms with van der Waals surface area (Å²) in [6.45, 7) is 0. The summed E-state index contributed by atoms with van der Waals surface area (Å²) in [5, 5.41) is 5.07. The molecule has 1 aromatic rings. The molecule has 1 amide bonds. The Balaban J connectivity index is 3.01. The Morgan fingerprint density at radius 1 is 1.36 bits per heavy atom. The molecular formula is C7H6N2O2. The Morgan fingerprint density at radius 2 is 2.09 bits per heavy atom. The highest BCUT2D eigenvalue weighted by Crippen LogP contribution is 2.22. The average molecular weight is 150 g/mol. The summed E-state index contributed by atoms with van der Waals surface area (Å²) in [6, 6.07) is 6.51. The zero-order valence-electron chi connectivity index (χ0n) is 5.65. The van der Waals surface area contributed by atoms with Crippen LogP contribution in [0.4, 0.5) is 11.4 Å². The maximum atomic E-state index is 10.1. The first kappa shape index (κ1) is 7.40. The van der Waals surface area contributed by atoms with E-state index in [2.05, 4.69) is 10.5 Å². The molecule has 1 N–H and O–H groups in total. The lowest BCUT2D eigenvalue weighted by atomic mass is 10.3. The van der Waals surface area contributed by atoms with Crippen molar-refractivity contribution in [2.45, 2.75) is 0 Å². The molecule has 0 bridgehead atoms. The van der Waals surface area contributed by atoms with Gasteiger partial charge in [-0.25, -0.2) is 0 Å². The number of nitrogens with one attached hydrogen (secondary N) is 1. The Hall–Kier alpha value is -1.71. The molecule has 0 radical (unpaired) electrons. The number of carbonyl (C=O) groups is 1. The van der Waals surface area contributed by atoms with Gasteiger partial charge in [0.05, 0.1) is 5.69 Å². The Bertz CT molecular complexity index is 273. The third-order valence-corrected chi connectivity index (χ3v) is 1.22. The van der Waals surface area contributed by atoms with Crippen LogP contribution in [0, 0.1) is 4.91 Å². The van der Waals surface area contributed by atoms with Gasteiger partial charge in [0.15, 0.2) is 0 Å². The van der Waals surface area contributed by atoms with Gasteiger partial charge < -0.3 is 5.32 Å². The molecule has 0 spiro atoms. The van der Waals surface area contributed by atoms with E-state index in [-0.39, 0.29) is 5.69 Å². The molecule has 0 aromatic heterocycles. The molecule has 0 heterocycles. The predicted molar refractivity (Wildman–Crippen MR) is 41.6 cm³/mol. The Labute approximate surface area is 63.2 Å². The zero-order valence-corrected chi connectivity index (χ0v) is 5.65. The molecule has 56 valence electrons. The van der Waals surface area contributed by atoms with Crippen LogP contribution in [0.15, 0.2) is 29.4 Å². The van der Waals surface area contributed by atoms with Crippen molar-refractivity contribution in [1.82, 2.24) is 0 Å². The lowest BCUT2D eigenvalue weighted by Gasteiger charge is -1.98. The van der Waals surface area contributed by atoms with Crippen molar-refractivity contribution in [3.63, 3.8) is 0 Å². The minimum absolute atomic E-state index is 0.236. The van der Waals surface area contributed by atoms with Gasteiger partial charge in [0.25, 0.3) is 0 Å². The van der Waals surface area contributed by atoms with Crippen molar-refractivity contribution in [1.29, 1.82) is 0 Å². The number of hydrogen-bond acceptors (Lipinski definition) is 3. The minimum atomic E-state index is 0.236. The third-order valence-electron chi connectivity index (χ3n) is 1.22. The quantitative estimate of drug-likeness (QED) is 0.526. The third kappa shape index (κ3) is 1.61. The van der Waals surface area contributed by atoms with Crippen LogP contribution in [-0.2, 0) is 4.79 Å². The molecule has 0 fully saturated rings. The van der Waals surface area contributed by atoms with E-state index in [0.29, 0.717) is 12.1 Å². The number of nitrogens with zero attached hydrogens (tertiary/aromatic N) is 1. The first-order valence-electron chi connectivity index (χ1n) is 3.01. The SMILES string of the molecule is O=CNc1ccccc1N=O. The first-order chi connectivity index (χ1) is 5.38. The van der Waals surface area contributed by atoms with Crippen molar-refractivity contribution < 1.29 is 4.79 Å². The van der Waals surface area contributed by atoms with Gasteiger partial charge in [0, 0.05) is 0 Å². The van der Waals surface area contributed by atoms with Crippen LogP contribution in [0.2, 0.25) is 0 Å². The van der Waals surface area contributed by atoms with Crippen LogP contribution in [0.1, 0.15) is 0 Å². The first-order valence-corrected chi connectivity index (χ1v) is 3.01. The van der Waals surface area contributed by atoms with Crippen LogP contribution < -0.4 is 5.32 Å². The van der Waals surface area contributed by atoms with Crippen LogP contribution in [0.5, 0.6) is 0 Å². The number of benzene rings is 1. The van der Waals surface area contributed by atoms with Crippen LogP contribution in [0.25, 0.3) is 0 Å². The lowest BCUT2D eigenvalue weighted by Crippen LogP contribution is -1.92. The normalized spacial score (nSPS) is 8.73. The molecule has 11 heavy (non-hydrogen) atoms. The number of nitroso groups, excluding NO2 is 1. The van der Waals surface area contributed by atoms with Crippen LogP contribution in [0.3, 0.4) is 0 Å². The number of hydrogen-bond donors (Lipinski definition) is 1. The van der Waals surface area contributed by atoms with E-state index >= 15 is 0 Å². The Kier molecular flexibility index (Phi) is 2.32. The standard InChI is InChI=1S/C7H6N2O2/c10-5-8-6-3-1-2-4-7(6)9-11/h1-5H,(H,8,10). The zero-order chi connectivity index (χ0) is 8.10. The predicted octanol–water partition coefficient (Wildman–Crippen LogP) is 1.65. The second-order valence-electron chi connectivity index (χ2n) is 1.87. The maximum Gasteiger partial charge on any atom is 0.211 e. The summed E-state index contributed by atoms with van der Waals surface area (Å²) in [5.74, 6) is 0. The fraction of sp³-hybridized carbons (Fsp3) is 0. The summed E-state index contributed by atoms with van der Waals surface area (Å²) >= 11 is 0. The summed E-state index contributed by atoms with van der Waals surface area (Å²) in [4.78, 5) is 20.1. The second kappa shape index (κ2) is 3.46. The molecule has 0 saturated heterocycles. The topological polar surface area (TPSA) is 58.5 Å². The molecule has 0 aliphatic rings. The molecule has 0 atom stereocenters. The molecule has 0 aliphatic heterocycles. The number of para-hydroxylation sites is 1. The van der Waals surface area contributed by atoms with Gasteiger partial charge in [-0.3, -0.25) is 4.79 Å². The van der Waals surface area contributed by atoms with E-state index in [1.165, 1.54) is 6.07 Å². The Morgan fingerprint density at radius 3 is 2.73 bits per heavy atom. The molecule has 4 heteroatoms. The molecule has 1 rings (SSSR count). The van der Waals surface area contributed by atoms with Crippen molar-refractivity contribution in [3.8, 4) is 0 Å². The smallest absolute Gasteiger partial charge is 0.211 e. The summed E-state index contributed by atoms with van der Waals surface area (Å²) in [6.07, 6.45) is 0.504. The minimum Gasteiger partial charge on any atom is -0.327 e. The largest absolute Gasteiger partial charge is 0.327 e. The lowest BCUT2D eigenvalue weighted by molar-refractivity contribution is -0.105. The van der Waals surface area contributed by atoms with Crippen LogP contribution in [-0.4, -0.2) is 6.41 Å². The molecular weight excluding hydrogens is 144 g/mol. The van der Waals surface area contributed by atoms with Gasteiger partial charge in [0.1, 0.15) is 5.69 Å². The van der Waals surface area contributed by atoms with Gasteiger partial charge in [0.2, 0.25) is 6.41 Å². The molecule has 0 aliphatic carbocycles. The number of anilines is 1. The van der Waals surface area contributed by atoms with Gasteiger partial charge in [-0.15, -0.1) is 4.91 Å². The van der Waals surface area contributed by atoms with E-state index in [1.807, 2.05) is 0 Å². The van der Waals surface area contributed by atoms with Gasteiger partial charge >= 0.3 is 0 Å². The van der Waals surface area contributed by atoms with E-state index < -0.39 is 0 Å². The number of rotatable bonds is 3. The fourth-order valence-electron chi connectivity index (χ4n) is 0.739. The summed E-state index contributed by atoms with van der Waals surface area (Å²) in [7, 11) is 0. The van der Waals surface area contributed by atoms with Gasteiger partial charge in [-0.1, -0.05) is 12.1 Å². The summed E-state index contributed by atoms with van der Waals surface area (Å²) < 4.78 is 0. The average Bonchev–Trinajstić information content (AvgIpc) is 2.06. The van der Waals surface area contributed by atoms with E-state index in [4.69, 9.17) is 0 Å². The van der Waals surface area contributed by atoms with Crippen molar-refractivity contribution >= 4 is 17.8 Å². The van der Waals surface area contributed by atoms with E-state index in [9.17, 15) is 9.70 Å². The van der Waals surface area contributed by atoms with Crippen molar-refractivity contribution in [2.24, 2.45) is 5.18 Å². The van der Waals surface area contributed by atoms with E-state index in [1.54, 1.807) is 18.2 Å². The van der Waals surface area contributed by atoms with Crippen molar-refractivity contribution in [3.05, 3.63) is 29.2 Å². The monoisotopic (exact) mass is 150 g/mol. The molecule has 0 saturated carbocycles. The van der Waals surface area contributed by atoms with Crippen molar-refractivity contribution in [2.75, 3.05) is 5.32 Å². The molecule has 1 aromatic carbocycles. The number of carbonyl (C=O) groups excluding carboxylic acids is 1. The molecule has 0 unspecified atom stereocenters. The highest BCUT2D eigenvalue weighted by molar-refractivity contribution is 5.78.